The molecule has 0 saturated carbocycles. The number of hydrogen-bond donors (Lipinski definition) is 0. The van der Waals surface area contributed by atoms with Crippen LogP contribution in [0.4, 0.5) is 0 Å². The van der Waals surface area contributed by atoms with Gasteiger partial charge >= 0.3 is 0 Å². The monoisotopic (exact) mass is 619 g/mol. The molecule has 0 radical (unpaired) electrons. The summed E-state index contributed by atoms with van der Waals surface area (Å²) in [5.41, 5.74) is 8.91. The maximum Gasteiger partial charge on any atom is 0.0623 e. The minimum Gasteiger partial charge on any atom is -0.135 e. The topological polar surface area (TPSA) is 0 Å². The van der Waals surface area contributed by atoms with Gasteiger partial charge in [0.15, 0.2) is 0 Å². The highest BCUT2D eigenvalue weighted by molar-refractivity contribution is 7.26. The van der Waals surface area contributed by atoms with Gasteiger partial charge in [-0.1, -0.05) is 148 Å². The first kappa shape index (κ1) is 26.9. The molecule has 0 N–H and O–H groups in total. The summed E-state index contributed by atoms with van der Waals surface area (Å²) in [7, 11) is 0. The van der Waals surface area contributed by atoms with Gasteiger partial charge in [0.05, 0.1) is 1.37 Å². The molecule has 9 aromatic rings. The molecular formula is C46H34S. The first-order valence-corrected chi connectivity index (χ1v) is 17.2. The summed E-state index contributed by atoms with van der Waals surface area (Å²) in [6.07, 6.45) is 0. The molecule has 0 atom stereocenters. The number of benzene rings is 8. The summed E-state index contributed by atoms with van der Waals surface area (Å²) in [4.78, 5) is 0. The standard InChI is InChI=1S/C46H34S/c1-46(2,3)34-24-25-39-42(28-34)47-41-21-11-20-40(45(39)41)44-37-18-8-6-16-35(37)43(36-17-7-9-19-38(36)44)33-15-10-14-31(27-33)32-23-22-29-12-4-5-13-30(29)26-32/h4-28H,1-3H3/i4D. The lowest BCUT2D eigenvalue weighted by Gasteiger charge is -2.19. The maximum absolute atomic E-state index is 8.02. The quantitative estimate of drug-likeness (QED) is 0.173. The number of rotatable bonds is 3. The van der Waals surface area contributed by atoms with E-state index in [-0.39, 0.29) is 5.41 Å². The second-order valence-electron chi connectivity index (χ2n) is 13.7. The van der Waals surface area contributed by atoms with Crippen LogP contribution in [0.1, 0.15) is 27.7 Å². The Morgan fingerprint density at radius 2 is 1.15 bits per heavy atom. The highest BCUT2D eigenvalue weighted by atomic mass is 32.1. The maximum atomic E-state index is 8.02. The molecular weight excluding hydrogens is 585 g/mol. The van der Waals surface area contributed by atoms with E-state index in [9.17, 15) is 0 Å². The summed E-state index contributed by atoms with van der Waals surface area (Å²) in [5.74, 6) is 0. The molecule has 0 aliphatic heterocycles. The minimum atomic E-state index is 0.104. The molecule has 0 spiro atoms. The summed E-state index contributed by atoms with van der Waals surface area (Å²) >= 11 is 1.90. The second kappa shape index (κ2) is 10.7. The van der Waals surface area contributed by atoms with Gasteiger partial charge in [-0.3, -0.25) is 0 Å². The van der Waals surface area contributed by atoms with Crippen LogP contribution in [0.3, 0.4) is 0 Å². The van der Waals surface area contributed by atoms with Gasteiger partial charge in [-0.15, -0.1) is 11.3 Å². The molecule has 0 unspecified atom stereocenters. The lowest BCUT2D eigenvalue weighted by molar-refractivity contribution is 0.591. The van der Waals surface area contributed by atoms with Gasteiger partial charge in [-0.25, -0.2) is 0 Å². The summed E-state index contributed by atoms with van der Waals surface area (Å²) in [5, 5.41) is 9.98. The molecule has 0 nitrogen and oxygen atoms in total. The normalized spacial score (nSPS) is 12.4. The molecule has 0 bridgehead atoms. The number of thiophene rings is 1. The fourth-order valence-electron chi connectivity index (χ4n) is 7.39. The molecule has 224 valence electrons. The summed E-state index contributed by atoms with van der Waals surface area (Å²) in [6, 6.07) is 53.7. The van der Waals surface area contributed by atoms with Crippen molar-refractivity contribution in [3.8, 4) is 33.4 Å². The lowest BCUT2D eigenvalue weighted by atomic mass is 9.84. The van der Waals surface area contributed by atoms with E-state index in [1.807, 2.05) is 29.5 Å². The molecule has 0 amide bonds. The van der Waals surface area contributed by atoms with Crippen molar-refractivity contribution in [3.63, 3.8) is 0 Å². The zero-order chi connectivity index (χ0) is 32.6. The summed E-state index contributed by atoms with van der Waals surface area (Å²) in [6.45, 7) is 6.87. The van der Waals surface area contributed by atoms with Crippen molar-refractivity contribution < 1.29 is 1.37 Å². The Labute approximate surface area is 281 Å². The van der Waals surface area contributed by atoms with Crippen LogP contribution in [0.2, 0.25) is 0 Å². The average molecular weight is 620 g/mol. The van der Waals surface area contributed by atoms with Crippen molar-refractivity contribution in [2.24, 2.45) is 0 Å². The van der Waals surface area contributed by atoms with E-state index >= 15 is 0 Å². The van der Waals surface area contributed by atoms with E-state index in [2.05, 4.69) is 148 Å². The van der Waals surface area contributed by atoms with Gasteiger partial charge in [-0.05, 0) is 101 Å². The van der Waals surface area contributed by atoms with Crippen LogP contribution >= 0.6 is 11.3 Å². The van der Waals surface area contributed by atoms with Crippen molar-refractivity contribution in [3.05, 3.63) is 157 Å². The van der Waals surface area contributed by atoms with Gasteiger partial charge in [0, 0.05) is 20.2 Å². The van der Waals surface area contributed by atoms with Crippen LogP contribution < -0.4 is 0 Å². The van der Waals surface area contributed by atoms with Gasteiger partial charge in [0.2, 0.25) is 0 Å². The van der Waals surface area contributed by atoms with Crippen molar-refractivity contribution in [1.82, 2.24) is 0 Å². The Hall–Kier alpha value is -5.24. The van der Waals surface area contributed by atoms with Crippen LogP contribution in [0.5, 0.6) is 0 Å². The molecule has 1 aromatic heterocycles. The largest absolute Gasteiger partial charge is 0.135 e. The van der Waals surface area contributed by atoms with Crippen LogP contribution in [0.25, 0.3) is 85.9 Å². The Balaban J connectivity index is 1.30. The summed E-state index contributed by atoms with van der Waals surface area (Å²) < 4.78 is 10.7. The smallest absolute Gasteiger partial charge is 0.0623 e. The molecule has 47 heavy (non-hydrogen) atoms. The first-order valence-electron chi connectivity index (χ1n) is 16.8. The van der Waals surface area contributed by atoms with E-state index in [1.54, 1.807) is 0 Å². The van der Waals surface area contributed by atoms with Crippen molar-refractivity contribution in [2.75, 3.05) is 0 Å². The third-order valence-electron chi connectivity index (χ3n) is 9.73. The zero-order valence-electron chi connectivity index (χ0n) is 27.8. The van der Waals surface area contributed by atoms with Crippen molar-refractivity contribution in [2.45, 2.75) is 26.2 Å². The Morgan fingerprint density at radius 1 is 0.468 bits per heavy atom. The van der Waals surface area contributed by atoms with Gasteiger partial charge in [-0.2, -0.15) is 0 Å². The molecule has 0 saturated heterocycles. The molecule has 0 aliphatic rings. The van der Waals surface area contributed by atoms with Crippen LogP contribution in [0.15, 0.2) is 152 Å². The minimum absolute atomic E-state index is 0.104. The highest BCUT2D eigenvalue weighted by Crippen LogP contribution is 2.48. The molecule has 1 heterocycles. The van der Waals surface area contributed by atoms with E-state index in [4.69, 9.17) is 1.37 Å². The SMILES string of the molecule is [2H]c1ccc2cc(-c3cccc(-c4c5ccccc5c(-c5cccc6sc7cc(C(C)(C)C)ccc7c56)c5ccccc45)c3)ccc2c1. The third kappa shape index (κ3) is 4.57. The Morgan fingerprint density at radius 3 is 1.89 bits per heavy atom. The van der Waals surface area contributed by atoms with Crippen molar-refractivity contribution in [1.29, 1.82) is 0 Å². The Bertz CT molecular complexity index is 2670. The predicted molar refractivity (Wildman–Crippen MR) is 207 cm³/mol. The van der Waals surface area contributed by atoms with Crippen LogP contribution in [-0.4, -0.2) is 0 Å². The molecule has 1 heteroatoms. The lowest BCUT2D eigenvalue weighted by Crippen LogP contribution is -2.10. The van der Waals surface area contributed by atoms with Crippen molar-refractivity contribution >= 4 is 63.8 Å². The first-order chi connectivity index (χ1) is 23.3. The van der Waals surface area contributed by atoms with E-state index in [1.165, 1.54) is 80.7 Å². The zero-order valence-corrected chi connectivity index (χ0v) is 27.6. The van der Waals surface area contributed by atoms with Crippen LogP contribution in [0, 0.1) is 0 Å². The fourth-order valence-corrected chi connectivity index (χ4v) is 8.56. The average Bonchev–Trinajstić information content (AvgIpc) is 3.48. The fraction of sp³-hybridized carbons (Fsp3) is 0.0870. The molecule has 9 rings (SSSR count). The molecule has 8 aromatic carbocycles. The van der Waals surface area contributed by atoms with E-state index in [0.29, 0.717) is 6.04 Å². The van der Waals surface area contributed by atoms with Gasteiger partial charge in [0.25, 0.3) is 0 Å². The molecule has 0 fully saturated rings. The number of fused-ring (bicyclic) bond motifs is 6. The van der Waals surface area contributed by atoms with Crippen LogP contribution in [-0.2, 0) is 5.41 Å². The van der Waals surface area contributed by atoms with Gasteiger partial charge in [0.1, 0.15) is 0 Å². The number of hydrogen-bond acceptors (Lipinski definition) is 1. The van der Waals surface area contributed by atoms with Gasteiger partial charge < -0.3 is 0 Å². The second-order valence-corrected chi connectivity index (χ2v) is 14.7. The van der Waals surface area contributed by atoms with E-state index in [0.717, 1.165) is 10.8 Å². The Kier molecular flexibility index (Phi) is 6.11. The molecule has 0 aliphatic carbocycles. The third-order valence-corrected chi connectivity index (χ3v) is 10.9. The van der Waals surface area contributed by atoms with E-state index < -0.39 is 0 Å². The predicted octanol–water partition coefficient (Wildman–Crippen LogP) is 13.8. The highest BCUT2D eigenvalue weighted by Gasteiger charge is 2.21.